The Hall–Kier alpha value is -1.65. The largest absolute Gasteiger partial charge is 0.594 e. The Labute approximate surface area is 56.1 Å². The fraction of sp³-hybridized carbons (Fsp3) is 0. The van der Waals surface area contributed by atoms with Crippen LogP contribution in [-0.2, 0) is 0 Å². The van der Waals surface area contributed by atoms with Crippen LogP contribution in [0.4, 0.5) is 0 Å². The number of carbonyl (C=O) groups is 1. The van der Waals surface area contributed by atoms with Crippen LogP contribution in [0, 0.1) is 5.21 Å². The van der Waals surface area contributed by atoms with Crippen molar-refractivity contribution in [2.45, 2.75) is 0 Å². The lowest BCUT2D eigenvalue weighted by Crippen LogP contribution is -2.30. The minimum Gasteiger partial charge on any atom is -0.594 e. The van der Waals surface area contributed by atoms with E-state index < -0.39 is 5.97 Å². The summed E-state index contributed by atoms with van der Waals surface area (Å²) in [4.78, 5) is 10.4. The van der Waals surface area contributed by atoms with Gasteiger partial charge in [-0.3, -0.25) is 0 Å². The van der Waals surface area contributed by atoms with Crippen molar-refractivity contribution in [3.8, 4) is 0 Å². The molecule has 0 aromatic carbocycles. The molecule has 52 valence electrons. The van der Waals surface area contributed by atoms with Crippen LogP contribution in [0.5, 0.6) is 0 Å². The van der Waals surface area contributed by atoms with Crippen LogP contribution in [0.3, 0.4) is 0 Å². The zero-order valence-corrected chi connectivity index (χ0v) is 4.89. The summed E-state index contributed by atoms with van der Waals surface area (Å²) in [7, 11) is 0. The predicted molar refractivity (Wildman–Crippen MR) is 30.2 cm³/mol. The second-order valence-electron chi connectivity index (χ2n) is 1.62. The van der Waals surface area contributed by atoms with Gasteiger partial charge in [0.05, 0.1) is 5.56 Å². The zero-order valence-electron chi connectivity index (χ0n) is 4.89. The van der Waals surface area contributed by atoms with Crippen LogP contribution >= 0.6 is 0 Å². The number of rotatable bonds is 1. The van der Waals surface area contributed by atoms with E-state index in [4.69, 9.17) is 5.11 Å². The quantitative estimate of drug-likeness (QED) is 0.418. The van der Waals surface area contributed by atoms with Crippen molar-refractivity contribution in [1.82, 2.24) is 5.10 Å². The smallest absolute Gasteiger partial charge is 0.337 e. The van der Waals surface area contributed by atoms with Gasteiger partial charge in [-0.25, -0.2) is 4.79 Å². The van der Waals surface area contributed by atoms with Gasteiger partial charge in [0.2, 0.25) is 6.20 Å². The first-order chi connectivity index (χ1) is 4.70. The molecule has 5 nitrogen and oxygen atoms in total. The van der Waals surface area contributed by atoms with Gasteiger partial charge in [0.15, 0.2) is 0 Å². The Kier molecular flexibility index (Phi) is 1.49. The molecule has 1 rings (SSSR count). The Bertz CT molecular complexity index is 244. The van der Waals surface area contributed by atoms with Gasteiger partial charge in [-0.2, -0.15) is 0 Å². The van der Waals surface area contributed by atoms with Crippen LogP contribution in [0.25, 0.3) is 0 Å². The van der Waals surface area contributed by atoms with Gasteiger partial charge in [0.25, 0.3) is 0 Å². The normalized spacial score (nSPS) is 9.20. The third-order valence-electron chi connectivity index (χ3n) is 0.939. The van der Waals surface area contributed by atoms with Crippen molar-refractivity contribution >= 4 is 5.97 Å². The number of nitrogens with zero attached hydrogens (tertiary/aromatic N) is 2. The van der Waals surface area contributed by atoms with E-state index in [2.05, 4.69) is 5.10 Å². The van der Waals surface area contributed by atoms with Crippen molar-refractivity contribution < 1.29 is 14.7 Å². The molecule has 1 N–H and O–H groups in total. The van der Waals surface area contributed by atoms with E-state index in [9.17, 15) is 10.0 Å². The average molecular weight is 140 g/mol. The lowest BCUT2D eigenvalue weighted by Gasteiger charge is -1.91. The molecule has 0 bridgehead atoms. The molecule has 0 aliphatic heterocycles. The van der Waals surface area contributed by atoms with Crippen molar-refractivity contribution in [3.63, 3.8) is 0 Å². The van der Waals surface area contributed by atoms with E-state index in [1.54, 1.807) is 0 Å². The predicted octanol–water partition coefficient (Wildman–Crippen LogP) is -0.587. The number of hydrogen-bond donors (Lipinski definition) is 1. The maximum atomic E-state index is 10.3. The molecule has 0 radical (unpaired) electrons. The standard InChI is InChI=1S/C5H4N2O3/c8-5(9)4-1-2-7(10)6-3-4/h1-3H,(H,8,9). The Morgan fingerprint density at radius 2 is 2.50 bits per heavy atom. The van der Waals surface area contributed by atoms with Crippen LogP contribution in [0.1, 0.15) is 10.4 Å². The topological polar surface area (TPSA) is 77.1 Å². The van der Waals surface area contributed by atoms with E-state index in [0.717, 1.165) is 12.4 Å². The van der Waals surface area contributed by atoms with Gasteiger partial charge < -0.3 is 10.3 Å². The van der Waals surface area contributed by atoms with E-state index >= 15 is 0 Å². The number of hydrogen-bond acceptors (Lipinski definition) is 3. The number of carboxylic acids is 1. The van der Waals surface area contributed by atoms with E-state index in [1.807, 2.05) is 0 Å². The summed E-state index contributed by atoms with van der Waals surface area (Å²) in [6.07, 6.45) is 2.03. The fourth-order valence-corrected chi connectivity index (χ4v) is 0.471. The summed E-state index contributed by atoms with van der Waals surface area (Å²) < 4.78 is 0. The highest BCUT2D eigenvalue weighted by Gasteiger charge is 2.02. The summed E-state index contributed by atoms with van der Waals surface area (Å²) in [6.45, 7) is 0. The van der Waals surface area contributed by atoms with Crippen molar-refractivity contribution in [1.29, 1.82) is 0 Å². The summed E-state index contributed by atoms with van der Waals surface area (Å²) in [6, 6.07) is 1.18. The minimum absolute atomic E-state index is 0.00657. The Balaban J connectivity index is 3.00. The lowest BCUT2D eigenvalue weighted by atomic mass is 10.3. The highest BCUT2D eigenvalue weighted by molar-refractivity contribution is 5.86. The summed E-state index contributed by atoms with van der Waals surface area (Å²) in [5.74, 6) is -1.09. The number of aromatic carboxylic acids is 1. The highest BCUT2D eigenvalue weighted by atomic mass is 16.5. The molecule has 1 aromatic heterocycles. The molecule has 0 aliphatic rings. The molecular weight excluding hydrogens is 136 g/mol. The van der Waals surface area contributed by atoms with Gasteiger partial charge in [-0.15, -0.1) is 0 Å². The minimum atomic E-state index is -1.09. The highest BCUT2D eigenvalue weighted by Crippen LogP contribution is 1.90. The molecule has 0 saturated heterocycles. The maximum Gasteiger partial charge on any atom is 0.337 e. The van der Waals surface area contributed by atoms with E-state index in [1.165, 1.54) is 6.07 Å². The number of aromatic nitrogens is 2. The van der Waals surface area contributed by atoms with Gasteiger partial charge in [-0.1, -0.05) is 4.85 Å². The third kappa shape index (κ3) is 1.19. The first-order valence-electron chi connectivity index (χ1n) is 2.49. The molecular formula is C5H4N2O3. The molecule has 1 aromatic rings. The molecule has 0 aliphatic carbocycles. The van der Waals surface area contributed by atoms with E-state index in [0.29, 0.717) is 0 Å². The molecule has 0 saturated carbocycles. The zero-order chi connectivity index (χ0) is 7.56. The molecule has 10 heavy (non-hydrogen) atoms. The third-order valence-corrected chi connectivity index (χ3v) is 0.939. The molecule has 1 heterocycles. The van der Waals surface area contributed by atoms with Crippen LogP contribution in [0.2, 0.25) is 0 Å². The van der Waals surface area contributed by atoms with Crippen molar-refractivity contribution in [3.05, 3.63) is 29.2 Å². The fourth-order valence-electron chi connectivity index (χ4n) is 0.471. The van der Waals surface area contributed by atoms with Gasteiger partial charge in [0, 0.05) is 11.2 Å². The lowest BCUT2D eigenvalue weighted by molar-refractivity contribution is -0.669. The summed E-state index contributed by atoms with van der Waals surface area (Å²) >= 11 is 0. The molecule has 0 amide bonds. The van der Waals surface area contributed by atoms with Crippen LogP contribution < -0.4 is 4.85 Å². The second kappa shape index (κ2) is 2.30. The summed E-state index contributed by atoms with van der Waals surface area (Å²) in [5.41, 5.74) is 0.00657. The van der Waals surface area contributed by atoms with Gasteiger partial charge in [0.1, 0.15) is 6.20 Å². The van der Waals surface area contributed by atoms with Crippen LogP contribution in [0.15, 0.2) is 18.5 Å². The monoisotopic (exact) mass is 140 g/mol. The molecule has 0 fully saturated rings. The van der Waals surface area contributed by atoms with Gasteiger partial charge >= 0.3 is 5.97 Å². The SMILES string of the molecule is O=C(O)c1cc[n+]([O-])nc1. The van der Waals surface area contributed by atoms with Crippen LogP contribution in [-0.4, -0.2) is 16.2 Å². The number of carboxylic acid groups (broad SMARTS) is 1. The second-order valence-corrected chi connectivity index (χ2v) is 1.62. The Morgan fingerprint density at radius 3 is 2.90 bits per heavy atom. The van der Waals surface area contributed by atoms with Crippen molar-refractivity contribution in [2.24, 2.45) is 0 Å². The summed E-state index contributed by atoms with van der Waals surface area (Å²) in [5, 5.41) is 21.8. The first kappa shape index (κ1) is 6.47. The first-order valence-corrected chi connectivity index (χ1v) is 2.49. The maximum absolute atomic E-state index is 10.3. The molecule has 5 heteroatoms. The Morgan fingerprint density at radius 1 is 1.80 bits per heavy atom. The molecule has 0 atom stereocenters. The average Bonchev–Trinajstić information content (AvgIpc) is 1.88. The van der Waals surface area contributed by atoms with Crippen molar-refractivity contribution in [2.75, 3.05) is 0 Å². The van der Waals surface area contributed by atoms with Gasteiger partial charge in [-0.05, 0) is 0 Å². The molecule has 0 unspecified atom stereocenters. The van der Waals surface area contributed by atoms with E-state index in [-0.39, 0.29) is 10.4 Å². The molecule has 0 spiro atoms.